The Morgan fingerprint density at radius 1 is 1.33 bits per heavy atom. The normalized spacial score (nSPS) is 11.5. The van der Waals surface area contributed by atoms with Gasteiger partial charge in [-0.3, -0.25) is 0 Å². The number of ether oxygens (including phenoxy) is 1. The average Bonchev–Trinajstić information content (AvgIpc) is 2.74. The highest BCUT2D eigenvalue weighted by molar-refractivity contribution is 8.13. The molecular formula is C10H10ClN3O3S. The third kappa shape index (κ3) is 2.62. The molecule has 0 fully saturated rings. The van der Waals surface area contributed by atoms with Gasteiger partial charge in [0.05, 0.1) is 24.0 Å². The van der Waals surface area contributed by atoms with E-state index in [1.54, 1.807) is 24.1 Å². The second kappa shape index (κ2) is 4.58. The van der Waals surface area contributed by atoms with Crippen LogP contribution in [-0.4, -0.2) is 30.1 Å². The quantitative estimate of drug-likeness (QED) is 0.798. The summed E-state index contributed by atoms with van der Waals surface area (Å²) in [5, 5.41) is 0. The lowest BCUT2D eigenvalue weighted by Crippen LogP contribution is -1.97. The van der Waals surface area contributed by atoms with Crippen molar-refractivity contribution in [2.24, 2.45) is 7.05 Å². The maximum atomic E-state index is 11.3. The summed E-state index contributed by atoms with van der Waals surface area (Å²) in [5.41, 5.74) is 0.923. The van der Waals surface area contributed by atoms with Crippen molar-refractivity contribution in [3.05, 3.63) is 24.7 Å². The molecule has 8 heteroatoms. The van der Waals surface area contributed by atoms with Crippen molar-refractivity contribution in [1.82, 2.24) is 14.5 Å². The molecule has 2 aromatic rings. The zero-order chi connectivity index (χ0) is 13.3. The Morgan fingerprint density at radius 3 is 2.56 bits per heavy atom. The molecule has 0 N–H and O–H groups in total. The third-order valence-electron chi connectivity index (χ3n) is 2.23. The first-order chi connectivity index (χ1) is 8.40. The third-order valence-corrected chi connectivity index (χ3v) is 3.57. The Bertz CT molecular complexity index is 681. The molecule has 96 valence electrons. The first-order valence-corrected chi connectivity index (χ1v) is 7.20. The summed E-state index contributed by atoms with van der Waals surface area (Å²) in [6, 6.07) is 2.61. The van der Waals surface area contributed by atoms with Crippen LogP contribution in [0.4, 0.5) is 0 Å². The van der Waals surface area contributed by atoms with E-state index in [0.29, 0.717) is 11.4 Å². The van der Waals surface area contributed by atoms with Crippen LogP contribution in [0, 0.1) is 0 Å². The minimum atomic E-state index is -3.84. The molecule has 0 radical (unpaired) electrons. The van der Waals surface area contributed by atoms with E-state index in [1.807, 2.05) is 0 Å². The summed E-state index contributed by atoms with van der Waals surface area (Å²) in [6.07, 6.45) is 3.30. The maximum Gasteiger partial charge on any atom is 0.261 e. The van der Waals surface area contributed by atoms with E-state index < -0.39 is 9.05 Å². The largest absolute Gasteiger partial charge is 0.481 e. The van der Waals surface area contributed by atoms with E-state index in [4.69, 9.17) is 15.4 Å². The van der Waals surface area contributed by atoms with Crippen molar-refractivity contribution in [3.63, 3.8) is 0 Å². The number of hydrogen-bond acceptors (Lipinski definition) is 5. The van der Waals surface area contributed by atoms with Gasteiger partial charge in [0.15, 0.2) is 0 Å². The van der Waals surface area contributed by atoms with E-state index >= 15 is 0 Å². The number of hydrogen-bond donors (Lipinski definition) is 0. The Kier molecular flexibility index (Phi) is 3.27. The number of pyridine rings is 1. The van der Waals surface area contributed by atoms with Crippen molar-refractivity contribution < 1.29 is 13.2 Å². The van der Waals surface area contributed by atoms with E-state index in [0.717, 1.165) is 0 Å². The number of methoxy groups -OCH3 is 1. The number of aromatic nitrogens is 3. The molecule has 0 unspecified atom stereocenters. The van der Waals surface area contributed by atoms with Gasteiger partial charge in [0, 0.05) is 30.0 Å². The SMILES string of the molecule is COc1cc(S(=O)(=O)Cl)cc(-c2cn(C)cn2)n1. The van der Waals surface area contributed by atoms with Gasteiger partial charge in [0.25, 0.3) is 9.05 Å². The number of imidazole rings is 1. The van der Waals surface area contributed by atoms with Crippen LogP contribution in [0.25, 0.3) is 11.4 Å². The topological polar surface area (TPSA) is 74.1 Å². The fraction of sp³-hybridized carbons (Fsp3) is 0.200. The number of nitrogens with zero attached hydrogens (tertiary/aromatic N) is 3. The maximum absolute atomic E-state index is 11.3. The molecule has 0 bridgehead atoms. The summed E-state index contributed by atoms with van der Waals surface area (Å²) in [4.78, 5) is 8.15. The molecule has 0 aliphatic heterocycles. The average molecular weight is 288 g/mol. The molecule has 6 nitrogen and oxygen atoms in total. The van der Waals surface area contributed by atoms with Gasteiger partial charge >= 0.3 is 0 Å². The molecule has 0 saturated carbocycles. The predicted molar refractivity (Wildman–Crippen MR) is 66.0 cm³/mol. The molecule has 0 aliphatic rings. The molecule has 0 aromatic carbocycles. The molecule has 0 atom stereocenters. The van der Waals surface area contributed by atoms with Gasteiger partial charge in [-0.2, -0.15) is 0 Å². The molecule has 0 aliphatic carbocycles. The highest BCUT2D eigenvalue weighted by Crippen LogP contribution is 2.25. The molecule has 2 aromatic heterocycles. The van der Waals surface area contributed by atoms with Crippen molar-refractivity contribution in [1.29, 1.82) is 0 Å². The van der Waals surface area contributed by atoms with Gasteiger partial charge in [-0.05, 0) is 6.07 Å². The smallest absolute Gasteiger partial charge is 0.261 e. The van der Waals surface area contributed by atoms with Crippen molar-refractivity contribution >= 4 is 19.7 Å². The van der Waals surface area contributed by atoms with Gasteiger partial charge in [0.2, 0.25) is 5.88 Å². The molecule has 0 amide bonds. The second-order valence-electron chi connectivity index (χ2n) is 3.59. The van der Waals surface area contributed by atoms with Crippen molar-refractivity contribution in [2.75, 3.05) is 7.11 Å². The van der Waals surface area contributed by atoms with Crippen LogP contribution in [0.15, 0.2) is 29.6 Å². The van der Waals surface area contributed by atoms with E-state index in [-0.39, 0.29) is 10.8 Å². The summed E-state index contributed by atoms with van der Waals surface area (Å²) < 4.78 is 29.4. The van der Waals surface area contributed by atoms with Crippen molar-refractivity contribution in [2.45, 2.75) is 4.90 Å². The first-order valence-electron chi connectivity index (χ1n) is 4.89. The lowest BCUT2D eigenvalue weighted by Gasteiger charge is -2.04. The van der Waals surface area contributed by atoms with Crippen LogP contribution < -0.4 is 4.74 Å². The number of rotatable bonds is 3. The Labute approximate surface area is 109 Å². The van der Waals surface area contributed by atoms with Crippen LogP contribution in [0.3, 0.4) is 0 Å². The Hall–Kier alpha value is -1.60. The second-order valence-corrected chi connectivity index (χ2v) is 6.16. The molecule has 2 rings (SSSR count). The van der Waals surface area contributed by atoms with Gasteiger partial charge in [0.1, 0.15) is 5.69 Å². The fourth-order valence-electron chi connectivity index (χ4n) is 1.40. The minimum Gasteiger partial charge on any atom is -0.481 e. The van der Waals surface area contributed by atoms with Gasteiger partial charge in [-0.1, -0.05) is 0 Å². The Morgan fingerprint density at radius 2 is 2.06 bits per heavy atom. The summed E-state index contributed by atoms with van der Waals surface area (Å²) >= 11 is 0. The zero-order valence-corrected chi connectivity index (χ0v) is 11.2. The lowest BCUT2D eigenvalue weighted by molar-refractivity contribution is 0.397. The van der Waals surface area contributed by atoms with E-state index in [2.05, 4.69) is 9.97 Å². The zero-order valence-electron chi connectivity index (χ0n) is 9.66. The first kappa shape index (κ1) is 12.8. The van der Waals surface area contributed by atoms with Gasteiger partial charge < -0.3 is 9.30 Å². The van der Waals surface area contributed by atoms with E-state index in [9.17, 15) is 8.42 Å². The summed E-state index contributed by atoms with van der Waals surface area (Å²) in [6.45, 7) is 0. The summed E-state index contributed by atoms with van der Waals surface area (Å²) in [5.74, 6) is 0.164. The molecule has 2 heterocycles. The van der Waals surface area contributed by atoms with Gasteiger partial charge in [-0.25, -0.2) is 18.4 Å². The van der Waals surface area contributed by atoms with Crippen LogP contribution in [0.1, 0.15) is 0 Å². The molecule has 18 heavy (non-hydrogen) atoms. The summed E-state index contributed by atoms with van der Waals surface area (Å²) in [7, 11) is 4.67. The number of halogens is 1. The fourth-order valence-corrected chi connectivity index (χ4v) is 2.16. The Balaban J connectivity index is 2.61. The minimum absolute atomic E-state index is 0.0725. The lowest BCUT2D eigenvalue weighted by atomic mass is 10.3. The molecule has 0 saturated heterocycles. The van der Waals surface area contributed by atoms with Crippen LogP contribution in [0.5, 0.6) is 5.88 Å². The molecular weight excluding hydrogens is 278 g/mol. The monoisotopic (exact) mass is 287 g/mol. The highest BCUT2D eigenvalue weighted by Gasteiger charge is 2.15. The predicted octanol–water partition coefficient (Wildman–Crippen LogP) is 1.42. The van der Waals surface area contributed by atoms with Gasteiger partial charge in [-0.15, -0.1) is 0 Å². The van der Waals surface area contributed by atoms with Crippen LogP contribution in [0.2, 0.25) is 0 Å². The van der Waals surface area contributed by atoms with Crippen LogP contribution in [-0.2, 0) is 16.1 Å². The van der Waals surface area contributed by atoms with E-state index in [1.165, 1.54) is 19.2 Å². The van der Waals surface area contributed by atoms with Crippen molar-refractivity contribution in [3.8, 4) is 17.3 Å². The highest BCUT2D eigenvalue weighted by atomic mass is 35.7. The standard InChI is InChI=1S/C10H10ClN3O3S/c1-14-5-9(12-6-14)8-3-7(18(11,15)16)4-10(13-8)17-2/h3-6H,1-2H3. The molecule has 0 spiro atoms. The van der Waals surface area contributed by atoms with Crippen LogP contribution >= 0.6 is 10.7 Å². The number of aryl methyl sites for hydroxylation is 1.